The number of hydrogen-bond acceptors (Lipinski definition) is 2. The molecular weight excluding hydrogens is 174 g/mol. The van der Waals surface area contributed by atoms with Gasteiger partial charge in [0.1, 0.15) is 0 Å². The summed E-state index contributed by atoms with van der Waals surface area (Å²) in [4.78, 5) is 2.43. The van der Waals surface area contributed by atoms with Crippen LogP contribution in [0.4, 0.5) is 0 Å². The van der Waals surface area contributed by atoms with Crippen LogP contribution in [-0.2, 0) is 4.74 Å². The maximum absolute atomic E-state index is 6.02. The third-order valence-corrected chi connectivity index (χ3v) is 4.13. The molecule has 0 bridgehead atoms. The number of rotatable bonds is 0. The Morgan fingerprint density at radius 1 is 1.43 bits per heavy atom. The van der Waals surface area contributed by atoms with Gasteiger partial charge in [-0.2, -0.15) is 0 Å². The lowest BCUT2D eigenvalue weighted by molar-refractivity contribution is -0.0431. The summed E-state index contributed by atoms with van der Waals surface area (Å²) in [6.07, 6.45) is 2.32. The third kappa shape index (κ3) is 1.41. The Balaban J connectivity index is 2.19. The molecule has 2 rings (SSSR count). The number of nitrogens with zero attached hydrogens (tertiary/aromatic N) is 1. The van der Waals surface area contributed by atoms with Gasteiger partial charge in [-0.1, -0.05) is 0 Å². The van der Waals surface area contributed by atoms with Gasteiger partial charge in [0.2, 0.25) is 0 Å². The van der Waals surface area contributed by atoms with E-state index in [2.05, 4.69) is 32.7 Å². The zero-order valence-corrected chi connectivity index (χ0v) is 9.76. The van der Waals surface area contributed by atoms with Crippen molar-refractivity contribution in [3.63, 3.8) is 0 Å². The molecule has 1 saturated heterocycles. The molecule has 80 valence electrons. The zero-order valence-electron chi connectivity index (χ0n) is 9.76. The van der Waals surface area contributed by atoms with E-state index >= 15 is 0 Å². The monoisotopic (exact) mass is 195 g/mol. The Labute approximate surface area is 86.9 Å². The van der Waals surface area contributed by atoms with Crippen molar-refractivity contribution < 1.29 is 4.74 Å². The summed E-state index contributed by atoms with van der Waals surface area (Å²) in [7, 11) is 2.21. The summed E-state index contributed by atoms with van der Waals surface area (Å²) in [6.45, 7) is 8.76. The van der Waals surface area contributed by atoms with Crippen LogP contribution in [0.3, 0.4) is 0 Å². The number of hydrogen-bond donors (Lipinski definition) is 0. The van der Waals surface area contributed by atoms with Crippen LogP contribution in [0.15, 0.2) is 11.1 Å². The molecule has 14 heavy (non-hydrogen) atoms. The van der Waals surface area contributed by atoms with E-state index in [1.54, 1.807) is 0 Å². The molecule has 2 atom stereocenters. The molecule has 0 aromatic carbocycles. The van der Waals surface area contributed by atoms with E-state index in [0.29, 0.717) is 6.04 Å². The van der Waals surface area contributed by atoms with E-state index in [1.807, 2.05) is 0 Å². The van der Waals surface area contributed by atoms with Crippen LogP contribution < -0.4 is 0 Å². The maximum atomic E-state index is 6.02. The van der Waals surface area contributed by atoms with Gasteiger partial charge in [0.05, 0.1) is 12.2 Å². The van der Waals surface area contributed by atoms with Crippen molar-refractivity contribution in [1.82, 2.24) is 4.90 Å². The Hall–Kier alpha value is -0.340. The van der Waals surface area contributed by atoms with Crippen molar-refractivity contribution in [3.8, 4) is 0 Å². The van der Waals surface area contributed by atoms with Crippen LogP contribution in [0.5, 0.6) is 0 Å². The maximum Gasteiger partial charge on any atom is 0.0923 e. The fourth-order valence-electron chi connectivity index (χ4n) is 2.64. The molecule has 0 radical (unpaired) electrons. The molecule has 0 aromatic rings. The normalized spacial score (nSPS) is 39.9. The summed E-state index contributed by atoms with van der Waals surface area (Å²) in [5.74, 6) is 0. The standard InChI is InChI=1S/C12H21NO/c1-9-8-14-12(11(9)3)5-6-13(4)10(2)7-12/h10H,5-8H2,1-4H3/t10-,12+/m0/s1. The average Bonchev–Trinajstić information content (AvgIpc) is 2.42. The second kappa shape index (κ2) is 3.35. The number of likely N-dealkylation sites (tertiary alicyclic amines) is 1. The summed E-state index contributed by atoms with van der Waals surface area (Å²) in [5, 5.41) is 0. The van der Waals surface area contributed by atoms with Crippen LogP contribution >= 0.6 is 0 Å². The Morgan fingerprint density at radius 3 is 2.64 bits per heavy atom. The highest BCUT2D eigenvalue weighted by atomic mass is 16.5. The first kappa shape index (κ1) is 10.2. The summed E-state index contributed by atoms with van der Waals surface area (Å²) in [5.41, 5.74) is 3.04. The highest BCUT2D eigenvalue weighted by Crippen LogP contribution is 2.41. The van der Waals surface area contributed by atoms with Gasteiger partial charge in [0.15, 0.2) is 0 Å². The van der Waals surface area contributed by atoms with Crippen molar-refractivity contribution in [2.75, 3.05) is 20.2 Å². The van der Waals surface area contributed by atoms with E-state index in [4.69, 9.17) is 4.74 Å². The lowest BCUT2D eigenvalue weighted by Gasteiger charge is -2.42. The van der Waals surface area contributed by atoms with Crippen molar-refractivity contribution in [2.45, 2.75) is 45.3 Å². The summed E-state index contributed by atoms with van der Waals surface area (Å²) >= 11 is 0. The van der Waals surface area contributed by atoms with Crippen molar-refractivity contribution >= 4 is 0 Å². The molecule has 0 aliphatic carbocycles. The van der Waals surface area contributed by atoms with E-state index in [9.17, 15) is 0 Å². The van der Waals surface area contributed by atoms with Crippen molar-refractivity contribution in [1.29, 1.82) is 0 Å². The quantitative estimate of drug-likeness (QED) is 0.549. The minimum atomic E-state index is 0.0933. The van der Waals surface area contributed by atoms with Gasteiger partial charge in [-0.25, -0.2) is 0 Å². The first-order chi connectivity index (χ1) is 6.55. The number of piperidine rings is 1. The van der Waals surface area contributed by atoms with E-state index in [1.165, 1.54) is 11.1 Å². The SMILES string of the molecule is CC1=C(C)[C@]2(CCN(C)[C@@H](C)C2)OC1. The topological polar surface area (TPSA) is 12.5 Å². The molecule has 0 saturated carbocycles. The van der Waals surface area contributed by atoms with Crippen LogP contribution in [-0.4, -0.2) is 36.7 Å². The highest BCUT2D eigenvalue weighted by Gasteiger charge is 2.42. The van der Waals surface area contributed by atoms with Gasteiger partial charge < -0.3 is 9.64 Å². The van der Waals surface area contributed by atoms with Crippen molar-refractivity contribution in [3.05, 3.63) is 11.1 Å². The molecular formula is C12H21NO. The molecule has 2 aliphatic heterocycles. The van der Waals surface area contributed by atoms with Gasteiger partial charge >= 0.3 is 0 Å². The van der Waals surface area contributed by atoms with Crippen LogP contribution in [0.25, 0.3) is 0 Å². The molecule has 2 heteroatoms. The van der Waals surface area contributed by atoms with E-state index in [0.717, 1.165) is 26.0 Å². The molecule has 0 unspecified atom stereocenters. The fourth-order valence-corrected chi connectivity index (χ4v) is 2.64. The van der Waals surface area contributed by atoms with Gasteiger partial charge in [-0.05, 0) is 51.8 Å². The smallest absolute Gasteiger partial charge is 0.0923 e. The van der Waals surface area contributed by atoms with Gasteiger partial charge in [0, 0.05) is 12.6 Å². The first-order valence-corrected chi connectivity index (χ1v) is 5.56. The predicted octanol–water partition coefficient (Wildman–Crippen LogP) is 2.21. The first-order valence-electron chi connectivity index (χ1n) is 5.56. The molecule has 1 spiro atoms. The highest BCUT2D eigenvalue weighted by molar-refractivity contribution is 5.27. The predicted molar refractivity (Wildman–Crippen MR) is 58.4 cm³/mol. The Morgan fingerprint density at radius 2 is 2.14 bits per heavy atom. The summed E-state index contributed by atoms with van der Waals surface area (Å²) < 4.78 is 6.02. The largest absolute Gasteiger partial charge is 0.366 e. The second-order valence-corrected chi connectivity index (χ2v) is 4.97. The Kier molecular flexibility index (Phi) is 2.44. The van der Waals surface area contributed by atoms with Crippen molar-refractivity contribution in [2.24, 2.45) is 0 Å². The molecule has 0 aromatic heterocycles. The van der Waals surface area contributed by atoms with E-state index < -0.39 is 0 Å². The number of ether oxygens (including phenoxy) is 1. The molecule has 0 N–H and O–H groups in total. The Bertz CT molecular complexity index is 271. The van der Waals surface area contributed by atoms with E-state index in [-0.39, 0.29) is 5.60 Å². The summed E-state index contributed by atoms with van der Waals surface area (Å²) in [6, 6.07) is 0.643. The van der Waals surface area contributed by atoms with Gasteiger partial charge in [-0.15, -0.1) is 0 Å². The molecule has 2 aliphatic rings. The second-order valence-electron chi connectivity index (χ2n) is 4.97. The van der Waals surface area contributed by atoms with Crippen LogP contribution in [0, 0.1) is 0 Å². The minimum absolute atomic E-state index is 0.0933. The van der Waals surface area contributed by atoms with Gasteiger partial charge in [-0.3, -0.25) is 0 Å². The molecule has 2 heterocycles. The fraction of sp³-hybridized carbons (Fsp3) is 0.833. The lowest BCUT2D eigenvalue weighted by Crippen LogP contribution is -2.48. The molecule has 2 nitrogen and oxygen atoms in total. The average molecular weight is 195 g/mol. The molecule has 0 amide bonds. The van der Waals surface area contributed by atoms with Gasteiger partial charge in [0.25, 0.3) is 0 Å². The zero-order chi connectivity index (χ0) is 10.3. The third-order valence-electron chi connectivity index (χ3n) is 4.13. The van der Waals surface area contributed by atoms with Crippen LogP contribution in [0.1, 0.15) is 33.6 Å². The minimum Gasteiger partial charge on any atom is -0.366 e. The van der Waals surface area contributed by atoms with Crippen LogP contribution in [0.2, 0.25) is 0 Å². The molecule has 1 fully saturated rings. The lowest BCUT2D eigenvalue weighted by atomic mass is 9.81.